The number of anilines is 1. The molecule has 2 aromatic heterocycles. The van der Waals surface area contributed by atoms with Crippen LogP contribution in [0.4, 0.5) is 5.82 Å². The molecule has 23 heteroatoms. The van der Waals surface area contributed by atoms with Crippen molar-refractivity contribution in [3.63, 3.8) is 0 Å². The van der Waals surface area contributed by atoms with Crippen LogP contribution < -0.4 is 5.73 Å². The first-order valence-electron chi connectivity index (χ1n) is 12.5. The second kappa shape index (κ2) is 12.7. The molecule has 3 aromatic rings. The number of carbonyl (C=O) groups is 1. The summed E-state index contributed by atoms with van der Waals surface area (Å²) in [6, 6.07) is 6.51. The molecule has 1 aliphatic heterocycles. The lowest BCUT2D eigenvalue weighted by molar-refractivity contribution is -0.0287. The van der Waals surface area contributed by atoms with Crippen molar-refractivity contribution < 1.29 is 55.9 Å². The Labute approximate surface area is 248 Å². The van der Waals surface area contributed by atoms with Crippen LogP contribution in [0, 0.1) is 5.92 Å². The van der Waals surface area contributed by atoms with E-state index in [-0.39, 0.29) is 35.5 Å². The fourth-order valence-electron chi connectivity index (χ4n) is 4.67. The Morgan fingerprint density at radius 1 is 1.16 bits per heavy atom. The quantitative estimate of drug-likeness (QED) is 0.0569. The summed E-state index contributed by atoms with van der Waals surface area (Å²) in [6.45, 7) is 2.49. The molecule has 44 heavy (non-hydrogen) atoms. The molecule has 20 nitrogen and oxygen atoms in total. The molecule has 0 amide bonds. The van der Waals surface area contributed by atoms with Crippen molar-refractivity contribution in [1.82, 2.24) is 19.5 Å². The number of ether oxygens (including phenoxy) is 1. The van der Waals surface area contributed by atoms with E-state index in [1.807, 2.05) is 0 Å². The largest absolute Gasteiger partial charge is 0.490 e. The van der Waals surface area contributed by atoms with Gasteiger partial charge in [0.25, 0.3) is 0 Å². The number of phosphoric acid groups is 3. The number of nitrogen functional groups attached to an aromatic ring is 1. The van der Waals surface area contributed by atoms with Gasteiger partial charge in [-0.15, -0.1) is 0 Å². The van der Waals surface area contributed by atoms with E-state index >= 15 is 0 Å². The molecule has 0 saturated carbocycles. The number of phosphoric ester groups is 1. The highest BCUT2D eigenvalue weighted by Crippen LogP contribution is 2.66. The molecule has 1 fully saturated rings. The Bertz CT molecular complexity index is 1760. The third-order valence-corrected chi connectivity index (χ3v) is 10.3. The Morgan fingerprint density at radius 3 is 2.55 bits per heavy atom. The van der Waals surface area contributed by atoms with Crippen molar-refractivity contribution in [1.29, 1.82) is 0 Å². The Kier molecular flexibility index (Phi) is 9.78. The van der Waals surface area contributed by atoms with Crippen molar-refractivity contribution in [2.24, 2.45) is 11.0 Å². The van der Waals surface area contributed by atoms with Crippen molar-refractivity contribution in [2.75, 3.05) is 12.3 Å². The number of hydrogen-bond acceptors (Lipinski definition) is 13. The minimum Gasteiger partial charge on any atom is -0.382 e. The van der Waals surface area contributed by atoms with E-state index in [1.54, 1.807) is 38.1 Å². The van der Waals surface area contributed by atoms with E-state index in [9.17, 15) is 28.3 Å². The highest BCUT2D eigenvalue weighted by molar-refractivity contribution is 7.66. The smallest absolute Gasteiger partial charge is 0.382 e. The second-order valence-electron chi connectivity index (χ2n) is 10.0. The number of aromatic nitrogens is 4. The Morgan fingerprint density at radius 2 is 1.86 bits per heavy atom. The SMILES string of the molecule is CC(C)(N=[N+]=[N-])c1ccccc1C(=O)CC1C[C@H](n2cnc3c(N)ncnc32)O[C@@H]1COP(=O)(O)OP(=O)(O)OP(=O)(O)O. The predicted octanol–water partition coefficient (Wildman–Crippen LogP) is 3.47. The van der Waals surface area contributed by atoms with E-state index in [1.165, 1.54) is 17.2 Å². The van der Waals surface area contributed by atoms with Crippen LogP contribution in [0.2, 0.25) is 0 Å². The van der Waals surface area contributed by atoms with Gasteiger partial charge in [0.2, 0.25) is 0 Å². The number of hydrogen-bond donors (Lipinski definition) is 5. The van der Waals surface area contributed by atoms with Crippen LogP contribution in [-0.2, 0) is 37.1 Å². The van der Waals surface area contributed by atoms with E-state index in [4.69, 9.17) is 30.3 Å². The maximum atomic E-state index is 13.6. The average molecular weight is 676 g/mol. The number of carbonyl (C=O) groups excluding carboxylic acids is 1. The zero-order chi connectivity index (χ0) is 32.5. The molecule has 0 bridgehead atoms. The molecule has 238 valence electrons. The number of nitrogens with two attached hydrogens (primary N) is 1. The molecular formula is C21H27N8O12P3. The number of fused-ring (bicyclic) bond motifs is 1. The maximum absolute atomic E-state index is 13.6. The minimum atomic E-state index is -5.75. The predicted molar refractivity (Wildman–Crippen MR) is 149 cm³/mol. The third kappa shape index (κ3) is 8.14. The average Bonchev–Trinajstić information content (AvgIpc) is 3.50. The van der Waals surface area contributed by atoms with Gasteiger partial charge in [0, 0.05) is 16.9 Å². The molecule has 6 N–H and O–H groups in total. The monoisotopic (exact) mass is 676 g/mol. The first-order chi connectivity index (χ1) is 20.4. The van der Waals surface area contributed by atoms with E-state index < -0.39 is 53.9 Å². The zero-order valence-electron chi connectivity index (χ0n) is 22.9. The number of rotatable bonds is 13. The number of benzene rings is 1. The molecule has 1 aromatic carbocycles. The number of Topliss-reactive ketones (excluding diaryl/α,β-unsaturated/α-hetero) is 1. The highest BCUT2D eigenvalue weighted by Gasteiger charge is 2.44. The summed E-state index contributed by atoms with van der Waals surface area (Å²) in [5.41, 5.74) is 15.1. The summed E-state index contributed by atoms with van der Waals surface area (Å²) >= 11 is 0. The van der Waals surface area contributed by atoms with Crippen LogP contribution in [0.25, 0.3) is 21.6 Å². The van der Waals surface area contributed by atoms with Crippen LogP contribution in [0.15, 0.2) is 42.0 Å². The van der Waals surface area contributed by atoms with Crippen molar-refractivity contribution in [3.05, 3.63) is 58.5 Å². The zero-order valence-corrected chi connectivity index (χ0v) is 25.6. The van der Waals surface area contributed by atoms with E-state index in [0.717, 1.165) is 0 Å². The minimum absolute atomic E-state index is 0.0990. The van der Waals surface area contributed by atoms with Gasteiger partial charge in [-0.3, -0.25) is 13.9 Å². The van der Waals surface area contributed by atoms with Gasteiger partial charge >= 0.3 is 23.5 Å². The molecule has 0 radical (unpaired) electrons. The standard InChI is InChI=1S/C21H27N8O12P3/c1-21(2,27-28-23)14-6-4-3-5-13(14)15(30)7-12-8-17(29-11-26-18-19(22)24-10-25-20(18)29)39-16(12)9-38-43(34,35)41-44(36,37)40-42(31,32)33/h3-6,10-12,16-17H,7-9H2,1-2H3,(H,34,35)(H,36,37)(H2,22,24,25)(H2,31,32,33)/t12?,16-,17-/m1/s1. The van der Waals surface area contributed by atoms with E-state index in [0.29, 0.717) is 11.2 Å². The van der Waals surface area contributed by atoms with Crippen LogP contribution in [0.1, 0.15) is 48.8 Å². The fourth-order valence-corrected chi connectivity index (χ4v) is 7.70. The normalized spacial score (nSPS) is 21.8. The first kappa shape index (κ1) is 33.8. The number of imidazole rings is 1. The summed E-state index contributed by atoms with van der Waals surface area (Å²) in [6.07, 6.45) is 0.531. The Balaban J connectivity index is 1.60. The molecule has 3 unspecified atom stereocenters. The topological polar surface area (TPSA) is 304 Å². The van der Waals surface area contributed by atoms with Crippen LogP contribution in [0.3, 0.4) is 0 Å². The van der Waals surface area contributed by atoms with Crippen LogP contribution in [-0.4, -0.2) is 57.6 Å². The highest BCUT2D eigenvalue weighted by atomic mass is 31.3. The summed E-state index contributed by atoms with van der Waals surface area (Å²) < 4.78 is 55.0. The van der Waals surface area contributed by atoms with Gasteiger partial charge in [0.05, 0.1) is 24.6 Å². The molecule has 0 spiro atoms. The van der Waals surface area contributed by atoms with Gasteiger partial charge in [-0.25, -0.2) is 28.6 Å². The van der Waals surface area contributed by atoms with Gasteiger partial charge in [-0.05, 0) is 23.4 Å². The second-order valence-corrected chi connectivity index (χ2v) is 14.4. The summed E-state index contributed by atoms with van der Waals surface area (Å²) in [4.78, 5) is 65.6. The van der Waals surface area contributed by atoms with Gasteiger partial charge < -0.3 is 30.0 Å². The summed E-state index contributed by atoms with van der Waals surface area (Å²) in [5.74, 6) is -1.00. The maximum Gasteiger partial charge on any atom is 0.490 e. The van der Waals surface area contributed by atoms with Gasteiger partial charge in [0.1, 0.15) is 18.1 Å². The number of azide groups is 1. The molecule has 5 atom stereocenters. The van der Waals surface area contributed by atoms with E-state index in [2.05, 4.69) is 33.6 Å². The van der Waals surface area contributed by atoms with Gasteiger partial charge in [-0.1, -0.05) is 43.2 Å². The summed E-state index contributed by atoms with van der Waals surface area (Å²) in [5, 5.41) is 3.78. The lowest BCUT2D eigenvalue weighted by Gasteiger charge is -2.23. The van der Waals surface area contributed by atoms with Gasteiger partial charge in [0.15, 0.2) is 17.2 Å². The van der Waals surface area contributed by atoms with Crippen LogP contribution >= 0.6 is 23.5 Å². The molecular weight excluding hydrogens is 649 g/mol. The van der Waals surface area contributed by atoms with Crippen LogP contribution in [0.5, 0.6) is 0 Å². The molecule has 3 heterocycles. The number of nitrogens with zero attached hydrogens (tertiary/aromatic N) is 7. The summed E-state index contributed by atoms with van der Waals surface area (Å²) in [7, 11) is -16.8. The van der Waals surface area contributed by atoms with Crippen molar-refractivity contribution >= 4 is 46.2 Å². The lowest BCUT2D eigenvalue weighted by atomic mass is 9.85. The molecule has 0 aliphatic carbocycles. The molecule has 1 saturated heterocycles. The Hall–Kier alpha value is -3.08. The molecule has 1 aliphatic rings. The lowest BCUT2D eigenvalue weighted by Crippen LogP contribution is -2.25. The van der Waals surface area contributed by atoms with Gasteiger partial charge in [-0.2, -0.15) is 8.62 Å². The molecule has 4 rings (SSSR count). The number of ketones is 1. The van der Waals surface area contributed by atoms with Crippen molar-refractivity contribution in [2.45, 2.75) is 44.6 Å². The third-order valence-electron chi connectivity index (χ3n) is 6.51. The van der Waals surface area contributed by atoms with Crippen molar-refractivity contribution in [3.8, 4) is 0 Å². The first-order valence-corrected chi connectivity index (χ1v) is 17.0. The fraction of sp³-hybridized carbons (Fsp3) is 0.429.